The predicted octanol–water partition coefficient (Wildman–Crippen LogP) is 3.15. The van der Waals surface area contributed by atoms with Gasteiger partial charge in [-0.3, -0.25) is 9.59 Å². The lowest BCUT2D eigenvalue weighted by Gasteiger charge is -2.18. The van der Waals surface area contributed by atoms with Crippen LogP contribution in [0.15, 0.2) is 29.6 Å². The molecule has 1 aromatic heterocycles. The Bertz CT molecular complexity index is 710. The molecule has 1 aliphatic carbocycles. The largest absolute Gasteiger partial charge is 0.480 e. The minimum absolute atomic E-state index is 0.0317. The van der Waals surface area contributed by atoms with Crippen molar-refractivity contribution in [2.45, 2.75) is 18.9 Å². The highest BCUT2D eigenvalue weighted by Gasteiger charge is 2.35. The van der Waals surface area contributed by atoms with E-state index in [2.05, 4.69) is 4.98 Å². The van der Waals surface area contributed by atoms with Gasteiger partial charge in [-0.25, -0.2) is 4.98 Å². The van der Waals surface area contributed by atoms with E-state index < -0.39 is 5.97 Å². The van der Waals surface area contributed by atoms with Gasteiger partial charge in [0.2, 0.25) is 0 Å². The average molecular weight is 337 g/mol. The number of nitrogens with zero attached hydrogens (tertiary/aromatic N) is 2. The van der Waals surface area contributed by atoms with Crippen molar-refractivity contribution in [3.8, 4) is 10.6 Å². The number of amides is 1. The van der Waals surface area contributed by atoms with Crippen LogP contribution >= 0.6 is 22.9 Å². The highest BCUT2D eigenvalue weighted by Crippen LogP contribution is 2.30. The minimum Gasteiger partial charge on any atom is -0.480 e. The molecule has 0 spiro atoms. The smallest absolute Gasteiger partial charge is 0.323 e. The number of aromatic nitrogens is 1. The lowest BCUT2D eigenvalue weighted by Crippen LogP contribution is -2.37. The first-order valence-electron chi connectivity index (χ1n) is 6.79. The van der Waals surface area contributed by atoms with E-state index in [0.29, 0.717) is 15.7 Å². The first kappa shape index (κ1) is 15.0. The third-order valence-electron chi connectivity index (χ3n) is 3.37. The molecule has 0 radical (unpaired) electrons. The molecule has 5 nitrogen and oxygen atoms in total. The molecular formula is C15H13ClN2O3S. The highest BCUT2D eigenvalue weighted by molar-refractivity contribution is 7.13. The molecule has 0 atom stereocenters. The van der Waals surface area contributed by atoms with Gasteiger partial charge in [0.05, 0.1) is 0 Å². The Kier molecular flexibility index (Phi) is 4.13. The molecule has 0 saturated heterocycles. The summed E-state index contributed by atoms with van der Waals surface area (Å²) in [4.78, 5) is 29.1. The Morgan fingerprint density at radius 3 is 2.59 bits per heavy atom. The fourth-order valence-corrected chi connectivity index (χ4v) is 3.07. The normalized spacial score (nSPS) is 13.9. The topological polar surface area (TPSA) is 70.5 Å². The van der Waals surface area contributed by atoms with E-state index in [4.69, 9.17) is 16.7 Å². The van der Waals surface area contributed by atoms with Crippen molar-refractivity contribution in [1.82, 2.24) is 9.88 Å². The molecule has 1 saturated carbocycles. The zero-order valence-electron chi connectivity index (χ0n) is 11.5. The van der Waals surface area contributed by atoms with E-state index >= 15 is 0 Å². The summed E-state index contributed by atoms with van der Waals surface area (Å²) in [5, 5.41) is 12.0. The van der Waals surface area contributed by atoms with Crippen molar-refractivity contribution >= 4 is 34.8 Å². The Hall–Kier alpha value is -1.92. The number of benzene rings is 1. The first-order valence-corrected chi connectivity index (χ1v) is 8.04. The second-order valence-corrected chi connectivity index (χ2v) is 6.40. The van der Waals surface area contributed by atoms with Crippen LogP contribution in [0.3, 0.4) is 0 Å². The van der Waals surface area contributed by atoms with E-state index in [1.165, 1.54) is 16.2 Å². The van der Waals surface area contributed by atoms with E-state index in [9.17, 15) is 9.59 Å². The standard InChI is InChI=1S/C15H13ClN2O3S/c16-10-3-1-9(2-4-10)14-17-12(8-22-14)15(21)18(7-13(19)20)11-5-6-11/h1-4,8,11H,5-7H2,(H,19,20). The summed E-state index contributed by atoms with van der Waals surface area (Å²) in [5.41, 5.74) is 1.17. The fourth-order valence-electron chi connectivity index (χ4n) is 2.14. The summed E-state index contributed by atoms with van der Waals surface area (Å²) in [7, 11) is 0. The molecule has 2 aromatic rings. The van der Waals surface area contributed by atoms with Crippen LogP contribution < -0.4 is 0 Å². The lowest BCUT2D eigenvalue weighted by atomic mass is 10.2. The number of hydrogen-bond acceptors (Lipinski definition) is 4. The summed E-state index contributed by atoms with van der Waals surface area (Å²) >= 11 is 7.21. The van der Waals surface area contributed by atoms with Gasteiger partial charge in [0.1, 0.15) is 17.2 Å². The van der Waals surface area contributed by atoms with Crippen LogP contribution in [0.2, 0.25) is 5.02 Å². The van der Waals surface area contributed by atoms with Crippen LogP contribution in [0.25, 0.3) is 10.6 Å². The fraction of sp³-hybridized carbons (Fsp3) is 0.267. The molecule has 1 N–H and O–H groups in total. The predicted molar refractivity (Wildman–Crippen MR) is 84.3 cm³/mol. The zero-order chi connectivity index (χ0) is 15.7. The van der Waals surface area contributed by atoms with E-state index in [0.717, 1.165) is 18.4 Å². The van der Waals surface area contributed by atoms with Crippen LogP contribution in [0.1, 0.15) is 23.3 Å². The number of hydrogen-bond donors (Lipinski definition) is 1. The van der Waals surface area contributed by atoms with Crippen molar-refractivity contribution in [1.29, 1.82) is 0 Å². The molecule has 7 heteroatoms. The van der Waals surface area contributed by atoms with Crippen LogP contribution in [-0.2, 0) is 4.79 Å². The Labute approximate surface area is 136 Å². The van der Waals surface area contributed by atoms with Gasteiger partial charge in [0.15, 0.2) is 0 Å². The number of rotatable bonds is 5. The second kappa shape index (κ2) is 6.06. The Morgan fingerprint density at radius 2 is 2.00 bits per heavy atom. The summed E-state index contributed by atoms with van der Waals surface area (Å²) in [5.74, 6) is -1.32. The summed E-state index contributed by atoms with van der Waals surface area (Å²) in [6.07, 6.45) is 1.71. The molecule has 22 heavy (non-hydrogen) atoms. The van der Waals surface area contributed by atoms with Crippen molar-refractivity contribution < 1.29 is 14.7 Å². The molecule has 0 bridgehead atoms. The van der Waals surface area contributed by atoms with Gasteiger partial charge < -0.3 is 10.0 Å². The quantitative estimate of drug-likeness (QED) is 0.910. The monoisotopic (exact) mass is 336 g/mol. The molecule has 0 aliphatic heterocycles. The van der Waals surface area contributed by atoms with Gasteiger partial charge in [-0.05, 0) is 25.0 Å². The van der Waals surface area contributed by atoms with Gasteiger partial charge in [-0.15, -0.1) is 11.3 Å². The molecule has 1 amide bonds. The lowest BCUT2D eigenvalue weighted by molar-refractivity contribution is -0.137. The van der Waals surface area contributed by atoms with Crippen LogP contribution in [-0.4, -0.2) is 39.5 Å². The summed E-state index contributed by atoms with van der Waals surface area (Å²) in [6.45, 7) is -0.280. The SMILES string of the molecule is O=C(O)CN(C(=O)c1csc(-c2ccc(Cl)cc2)n1)C1CC1. The number of carbonyl (C=O) groups excluding carboxylic acids is 1. The number of carboxylic acid groups (broad SMARTS) is 1. The van der Waals surface area contributed by atoms with Gasteiger partial charge in [0, 0.05) is 22.0 Å². The van der Waals surface area contributed by atoms with E-state index in [1.807, 2.05) is 12.1 Å². The maximum absolute atomic E-state index is 12.4. The van der Waals surface area contributed by atoms with Gasteiger partial charge in [-0.2, -0.15) is 0 Å². The molecule has 1 fully saturated rings. The number of thiazole rings is 1. The van der Waals surface area contributed by atoms with Gasteiger partial charge in [-0.1, -0.05) is 23.7 Å². The van der Waals surface area contributed by atoms with Crippen LogP contribution in [0.4, 0.5) is 0 Å². The second-order valence-electron chi connectivity index (χ2n) is 5.10. The maximum atomic E-state index is 12.4. The van der Waals surface area contributed by atoms with E-state index in [1.54, 1.807) is 17.5 Å². The number of carbonyl (C=O) groups is 2. The highest BCUT2D eigenvalue weighted by atomic mass is 35.5. The summed E-state index contributed by atoms with van der Waals surface area (Å²) in [6, 6.07) is 7.24. The third kappa shape index (κ3) is 3.28. The Balaban J connectivity index is 1.81. The first-order chi connectivity index (χ1) is 10.5. The maximum Gasteiger partial charge on any atom is 0.323 e. The van der Waals surface area contributed by atoms with Crippen molar-refractivity contribution in [3.63, 3.8) is 0 Å². The average Bonchev–Trinajstić information content (AvgIpc) is 3.21. The third-order valence-corrected chi connectivity index (χ3v) is 4.51. The minimum atomic E-state index is -1.01. The zero-order valence-corrected chi connectivity index (χ0v) is 13.1. The number of carboxylic acids is 1. The molecule has 3 rings (SSSR count). The molecule has 114 valence electrons. The van der Waals surface area contributed by atoms with Crippen LogP contribution in [0.5, 0.6) is 0 Å². The van der Waals surface area contributed by atoms with Crippen molar-refractivity contribution in [2.24, 2.45) is 0 Å². The van der Waals surface area contributed by atoms with E-state index in [-0.39, 0.29) is 18.5 Å². The van der Waals surface area contributed by atoms with Gasteiger partial charge in [0.25, 0.3) is 5.91 Å². The van der Waals surface area contributed by atoms with Crippen LogP contribution in [0, 0.1) is 0 Å². The number of halogens is 1. The molecular weight excluding hydrogens is 324 g/mol. The molecule has 1 aliphatic rings. The number of aliphatic carboxylic acids is 1. The Morgan fingerprint density at radius 1 is 1.32 bits per heavy atom. The molecule has 1 heterocycles. The summed E-state index contributed by atoms with van der Waals surface area (Å²) < 4.78 is 0. The van der Waals surface area contributed by atoms with Crippen molar-refractivity contribution in [2.75, 3.05) is 6.54 Å². The molecule has 1 aromatic carbocycles. The van der Waals surface area contributed by atoms with Gasteiger partial charge >= 0.3 is 5.97 Å². The van der Waals surface area contributed by atoms with Crippen molar-refractivity contribution in [3.05, 3.63) is 40.4 Å². The molecule has 0 unspecified atom stereocenters.